The minimum atomic E-state index is -2.47. The first-order chi connectivity index (χ1) is 11.4. The van der Waals surface area contributed by atoms with Gasteiger partial charge in [0.15, 0.2) is 0 Å². The smallest absolute Gasteiger partial charge is 0.248 e. The Hall–Kier alpha value is -1.24. The van der Waals surface area contributed by atoms with Crippen LogP contribution in [0, 0.1) is 11.8 Å². The second-order valence-corrected chi connectivity index (χ2v) is 7.48. The lowest BCUT2D eigenvalue weighted by Gasteiger charge is -2.32. The monoisotopic (exact) mass is 343 g/mol. The van der Waals surface area contributed by atoms with Crippen LogP contribution in [0.2, 0.25) is 0 Å². The SMILES string of the molecule is O=C1CC(C(=O)N2CCCN(CC3CCC(F)(F)CC3)CC2)CN1. The van der Waals surface area contributed by atoms with Crippen LogP contribution in [-0.4, -0.2) is 66.8 Å². The Morgan fingerprint density at radius 1 is 1.17 bits per heavy atom. The van der Waals surface area contributed by atoms with Gasteiger partial charge in [0.05, 0.1) is 5.92 Å². The van der Waals surface area contributed by atoms with Gasteiger partial charge < -0.3 is 15.1 Å². The maximum absolute atomic E-state index is 13.3. The Morgan fingerprint density at radius 3 is 2.58 bits per heavy atom. The zero-order valence-corrected chi connectivity index (χ0v) is 14.1. The maximum Gasteiger partial charge on any atom is 0.248 e. The number of carbonyl (C=O) groups excluding carboxylic acids is 2. The highest BCUT2D eigenvalue weighted by Crippen LogP contribution is 2.36. The average Bonchev–Trinajstić information content (AvgIpc) is 2.84. The van der Waals surface area contributed by atoms with Gasteiger partial charge in [-0.05, 0) is 31.7 Å². The third kappa shape index (κ3) is 4.43. The van der Waals surface area contributed by atoms with Gasteiger partial charge in [-0.25, -0.2) is 8.78 Å². The summed E-state index contributed by atoms with van der Waals surface area (Å²) in [5, 5.41) is 2.72. The molecular weight excluding hydrogens is 316 g/mol. The van der Waals surface area contributed by atoms with Gasteiger partial charge in [0, 0.05) is 52.0 Å². The van der Waals surface area contributed by atoms with Crippen molar-refractivity contribution in [3.63, 3.8) is 0 Å². The summed E-state index contributed by atoms with van der Waals surface area (Å²) in [6.45, 7) is 4.43. The van der Waals surface area contributed by atoms with Crippen molar-refractivity contribution in [3.8, 4) is 0 Å². The van der Waals surface area contributed by atoms with E-state index in [-0.39, 0.29) is 30.6 Å². The van der Waals surface area contributed by atoms with Gasteiger partial charge in [-0.15, -0.1) is 0 Å². The zero-order chi connectivity index (χ0) is 17.2. The summed E-state index contributed by atoms with van der Waals surface area (Å²) in [6, 6.07) is 0. The van der Waals surface area contributed by atoms with Crippen LogP contribution in [0.4, 0.5) is 8.78 Å². The fourth-order valence-corrected chi connectivity index (χ4v) is 4.06. The van der Waals surface area contributed by atoms with E-state index in [0.29, 0.717) is 38.3 Å². The molecule has 1 saturated carbocycles. The lowest BCUT2D eigenvalue weighted by Crippen LogP contribution is -2.40. The van der Waals surface area contributed by atoms with Crippen LogP contribution < -0.4 is 5.32 Å². The van der Waals surface area contributed by atoms with Crippen molar-refractivity contribution >= 4 is 11.8 Å². The lowest BCUT2D eigenvalue weighted by atomic mass is 9.86. The third-order valence-electron chi connectivity index (χ3n) is 5.58. The summed E-state index contributed by atoms with van der Waals surface area (Å²) in [4.78, 5) is 28.0. The largest absolute Gasteiger partial charge is 0.355 e. The van der Waals surface area contributed by atoms with E-state index in [1.54, 1.807) is 0 Å². The predicted octanol–water partition coefficient (Wildman–Crippen LogP) is 1.48. The summed E-state index contributed by atoms with van der Waals surface area (Å²) in [5.74, 6) is -2.30. The first kappa shape index (κ1) is 17.6. The molecule has 1 N–H and O–H groups in total. The number of nitrogens with zero attached hydrogens (tertiary/aromatic N) is 2. The quantitative estimate of drug-likeness (QED) is 0.845. The van der Waals surface area contributed by atoms with Crippen LogP contribution in [0.3, 0.4) is 0 Å². The number of nitrogens with one attached hydrogen (secondary N) is 1. The van der Waals surface area contributed by atoms with Gasteiger partial charge in [0.2, 0.25) is 17.7 Å². The molecule has 0 radical (unpaired) electrons. The van der Waals surface area contributed by atoms with E-state index >= 15 is 0 Å². The van der Waals surface area contributed by atoms with Gasteiger partial charge >= 0.3 is 0 Å². The molecule has 1 aliphatic carbocycles. The van der Waals surface area contributed by atoms with Crippen molar-refractivity contribution < 1.29 is 18.4 Å². The maximum atomic E-state index is 13.3. The summed E-state index contributed by atoms with van der Waals surface area (Å²) in [5.41, 5.74) is 0. The van der Waals surface area contributed by atoms with Gasteiger partial charge in [-0.3, -0.25) is 9.59 Å². The molecule has 0 aromatic heterocycles. The highest BCUT2D eigenvalue weighted by molar-refractivity contribution is 5.89. The lowest BCUT2D eigenvalue weighted by molar-refractivity contribution is -0.135. The Bertz CT molecular complexity index is 476. The number of alkyl halides is 2. The average molecular weight is 343 g/mol. The van der Waals surface area contributed by atoms with E-state index in [9.17, 15) is 18.4 Å². The molecule has 0 aromatic carbocycles. The highest BCUT2D eigenvalue weighted by Gasteiger charge is 2.36. The molecule has 2 amide bonds. The van der Waals surface area contributed by atoms with Crippen LogP contribution in [0.15, 0.2) is 0 Å². The number of halogens is 2. The molecule has 5 nitrogen and oxygen atoms in total. The van der Waals surface area contributed by atoms with Crippen LogP contribution >= 0.6 is 0 Å². The molecule has 136 valence electrons. The van der Waals surface area contributed by atoms with Gasteiger partial charge in [-0.2, -0.15) is 0 Å². The predicted molar refractivity (Wildman–Crippen MR) is 85.7 cm³/mol. The summed E-state index contributed by atoms with van der Waals surface area (Å²) in [7, 11) is 0. The molecule has 7 heteroatoms. The van der Waals surface area contributed by atoms with Crippen LogP contribution in [-0.2, 0) is 9.59 Å². The topological polar surface area (TPSA) is 52.7 Å². The zero-order valence-electron chi connectivity index (χ0n) is 14.1. The van der Waals surface area contributed by atoms with Gasteiger partial charge in [0.1, 0.15) is 0 Å². The van der Waals surface area contributed by atoms with E-state index in [0.717, 1.165) is 32.6 Å². The number of rotatable bonds is 3. The van der Waals surface area contributed by atoms with Crippen LogP contribution in [0.25, 0.3) is 0 Å². The Morgan fingerprint density at radius 2 is 1.92 bits per heavy atom. The molecule has 1 atom stereocenters. The molecule has 0 bridgehead atoms. The fourth-order valence-electron chi connectivity index (χ4n) is 4.06. The number of hydrogen-bond donors (Lipinski definition) is 1. The number of carbonyl (C=O) groups is 2. The Balaban J connectivity index is 1.45. The molecule has 0 aromatic rings. The normalized spacial score (nSPS) is 29.3. The molecular formula is C17H27F2N3O2. The van der Waals surface area contributed by atoms with Crippen molar-refractivity contribution in [1.29, 1.82) is 0 Å². The van der Waals surface area contributed by atoms with Crippen LogP contribution in [0.5, 0.6) is 0 Å². The Labute approximate surface area is 141 Å². The number of amides is 2. The second kappa shape index (κ2) is 7.33. The van der Waals surface area contributed by atoms with Crippen molar-refractivity contribution in [2.75, 3.05) is 39.3 Å². The fraction of sp³-hybridized carbons (Fsp3) is 0.882. The van der Waals surface area contributed by atoms with Gasteiger partial charge in [0.25, 0.3) is 0 Å². The molecule has 2 saturated heterocycles. The first-order valence-electron chi connectivity index (χ1n) is 9.09. The molecule has 3 rings (SSSR count). The Kier molecular flexibility index (Phi) is 5.37. The van der Waals surface area contributed by atoms with Crippen molar-refractivity contribution in [1.82, 2.24) is 15.1 Å². The first-order valence-corrected chi connectivity index (χ1v) is 9.09. The molecule has 1 unspecified atom stereocenters. The molecule has 3 aliphatic rings. The van der Waals surface area contributed by atoms with Crippen molar-refractivity contribution in [2.45, 2.75) is 44.4 Å². The van der Waals surface area contributed by atoms with E-state index in [4.69, 9.17) is 0 Å². The van der Waals surface area contributed by atoms with E-state index in [1.807, 2.05) is 4.90 Å². The standard InChI is InChI=1S/C17H27F2N3O2/c18-17(19)4-2-13(3-5-17)12-21-6-1-7-22(9-8-21)16(24)14-10-15(23)20-11-14/h13-14H,1-12H2,(H,20,23). The van der Waals surface area contributed by atoms with Crippen LogP contribution in [0.1, 0.15) is 38.5 Å². The third-order valence-corrected chi connectivity index (χ3v) is 5.58. The van der Waals surface area contributed by atoms with E-state index in [2.05, 4.69) is 10.2 Å². The molecule has 24 heavy (non-hydrogen) atoms. The molecule has 3 fully saturated rings. The number of hydrogen-bond acceptors (Lipinski definition) is 3. The summed E-state index contributed by atoms with van der Waals surface area (Å²) < 4.78 is 26.5. The second-order valence-electron chi connectivity index (χ2n) is 7.48. The van der Waals surface area contributed by atoms with E-state index < -0.39 is 5.92 Å². The van der Waals surface area contributed by atoms with Crippen molar-refractivity contribution in [2.24, 2.45) is 11.8 Å². The van der Waals surface area contributed by atoms with Gasteiger partial charge in [-0.1, -0.05) is 0 Å². The molecule has 2 aliphatic heterocycles. The summed E-state index contributed by atoms with van der Waals surface area (Å²) >= 11 is 0. The summed E-state index contributed by atoms with van der Waals surface area (Å²) in [6.07, 6.45) is 2.43. The highest BCUT2D eigenvalue weighted by atomic mass is 19.3. The minimum absolute atomic E-state index is 0.0127. The van der Waals surface area contributed by atoms with Crippen molar-refractivity contribution in [3.05, 3.63) is 0 Å². The minimum Gasteiger partial charge on any atom is -0.355 e. The molecule has 2 heterocycles. The van der Waals surface area contributed by atoms with E-state index in [1.165, 1.54) is 0 Å². The molecule has 0 spiro atoms.